The number of β-lactam (4-membered cyclic amide) rings is 1. The number of ether oxygens (including phenoxy) is 2. The summed E-state index contributed by atoms with van der Waals surface area (Å²) in [6.45, 7) is -0.201. The summed E-state index contributed by atoms with van der Waals surface area (Å²) >= 11 is 6.05. The van der Waals surface area contributed by atoms with Crippen molar-refractivity contribution in [3.05, 3.63) is 52.5 Å². The molecular weight excluding hydrogens is 499 g/mol. The first-order valence-electron chi connectivity index (χ1n) is 10.0. The maximum atomic E-state index is 13.7. The number of sulfone groups is 1. The van der Waals surface area contributed by atoms with E-state index in [1.807, 2.05) is 0 Å². The van der Waals surface area contributed by atoms with Gasteiger partial charge in [-0.2, -0.15) is 13.2 Å². The zero-order valence-electron chi connectivity index (χ0n) is 18.0. The van der Waals surface area contributed by atoms with Crippen LogP contribution < -0.4 is 9.47 Å². The molecule has 0 bridgehead atoms. The lowest BCUT2D eigenvalue weighted by atomic mass is 9.92. The Balaban J connectivity index is 1.78. The van der Waals surface area contributed by atoms with E-state index in [0.717, 1.165) is 18.1 Å². The van der Waals surface area contributed by atoms with Crippen molar-refractivity contribution < 1.29 is 40.7 Å². The van der Waals surface area contributed by atoms with Crippen molar-refractivity contribution in [1.29, 1.82) is 0 Å². The van der Waals surface area contributed by atoms with Gasteiger partial charge in [-0.25, -0.2) is 8.42 Å². The van der Waals surface area contributed by atoms with E-state index in [0.29, 0.717) is 28.5 Å². The van der Waals surface area contributed by atoms with E-state index in [1.54, 1.807) is 18.2 Å². The number of benzene rings is 2. The summed E-state index contributed by atoms with van der Waals surface area (Å²) in [6, 6.07) is 6.75. The molecule has 2 atom stereocenters. The van der Waals surface area contributed by atoms with Crippen LogP contribution in [0, 0.1) is 5.92 Å². The third kappa shape index (κ3) is 3.52. The summed E-state index contributed by atoms with van der Waals surface area (Å²) in [5, 5.41) is 0.372. The largest absolute Gasteiger partial charge is 0.496 e. The number of fused-ring (bicyclic) bond motifs is 1. The second kappa shape index (κ2) is 8.16. The first-order valence-corrected chi connectivity index (χ1v) is 11.9. The normalized spacial score (nSPS) is 22.4. The highest BCUT2D eigenvalue weighted by Gasteiger charge is 2.71. The third-order valence-corrected chi connectivity index (χ3v) is 8.81. The van der Waals surface area contributed by atoms with Gasteiger partial charge >= 0.3 is 6.18 Å². The number of carbonyl (C=O) groups excluding carboxylic acids is 2. The Bertz CT molecular complexity index is 1300. The maximum Gasteiger partial charge on any atom is 0.416 e. The first kappa shape index (κ1) is 24.3. The smallest absolute Gasteiger partial charge is 0.416 e. The summed E-state index contributed by atoms with van der Waals surface area (Å²) in [7, 11) is -2.26. The Labute approximate surface area is 198 Å². The van der Waals surface area contributed by atoms with E-state index in [4.69, 9.17) is 21.1 Å². The lowest BCUT2D eigenvalue weighted by Gasteiger charge is -2.44. The predicted molar refractivity (Wildman–Crippen MR) is 114 cm³/mol. The fourth-order valence-corrected chi connectivity index (χ4v) is 7.01. The van der Waals surface area contributed by atoms with E-state index in [9.17, 15) is 31.2 Å². The van der Waals surface area contributed by atoms with E-state index < -0.39 is 55.4 Å². The van der Waals surface area contributed by atoms with Gasteiger partial charge in [-0.15, -0.1) is 0 Å². The van der Waals surface area contributed by atoms with Gasteiger partial charge in [-0.1, -0.05) is 11.6 Å². The van der Waals surface area contributed by atoms with E-state index >= 15 is 0 Å². The van der Waals surface area contributed by atoms with Gasteiger partial charge in [-0.05, 0) is 48.4 Å². The van der Waals surface area contributed by atoms with Gasteiger partial charge in [0.1, 0.15) is 16.4 Å². The van der Waals surface area contributed by atoms with Crippen LogP contribution >= 0.6 is 11.6 Å². The lowest BCUT2D eigenvalue weighted by Crippen LogP contribution is -2.67. The molecule has 2 aromatic carbocycles. The predicted octanol–water partition coefficient (Wildman–Crippen LogP) is 3.52. The Hall–Kier alpha value is -2.79. The summed E-state index contributed by atoms with van der Waals surface area (Å²) < 4.78 is 77.6. The molecular formula is C22H19ClF3NO6S. The lowest BCUT2D eigenvalue weighted by molar-refractivity contribution is -0.150. The number of halogens is 4. The third-order valence-electron chi connectivity index (χ3n) is 6.22. The second-order valence-electron chi connectivity index (χ2n) is 8.05. The summed E-state index contributed by atoms with van der Waals surface area (Å²) in [5.74, 6) is -2.20. The average molecular weight is 518 g/mol. The molecule has 2 aromatic rings. The summed E-state index contributed by atoms with van der Waals surface area (Å²) in [6.07, 6.45) is -5.45. The van der Waals surface area contributed by atoms with Gasteiger partial charge in [0.15, 0.2) is 5.78 Å². The number of nitrogens with zero attached hydrogens (tertiary/aromatic N) is 1. The SMILES string of the molecule is COc1ccc(Cl)cc1CC1CN2C(=O)CC2(S(=O)(=O)c2cc(C(F)(F)F)ccc2OC)C1=O. The number of carbonyl (C=O) groups is 2. The van der Waals surface area contributed by atoms with Crippen LogP contribution in [-0.2, 0) is 32.0 Å². The fraction of sp³-hybridized carbons (Fsp3) is 0.364. The molecule has 4 rings (SSSR count). The van der Waals surface area contributed by atoms with Gasteiger partial charge < -0.3 is 14.4 Å². The zero-order chi connectivity index (χ0) is 25.1. The van der Waals surface area contributed by atoms with Crippen molar-refractivity contribution in [3.8, 4) is 11.5 Å². The van der Waals surface area contributed by atoms with Crippen LogP contribution in [0.3, 0.4) is 0 Å². The standard InChI is InChI=1S/C22H19ClF3NO6S/c1-32-16-6-4-15(23)8-12(16)7-13-11-27-19(28)10-21(27,20(13)29)34(30,31)18-9-14(22(24,25)26)3-5-17(18)33-2/h3-6,8-9,13H,7,10-11H2,1-2H3. The summed E-state index contributed by atoms with van der Waals surface area (Å²) in [4.78, 5) is 23.7. The molecule has 182 valence electrons. The number of ketones is 1. The van der Waals surface area contributed by atoms with Crippen molar-refractivity contribution in [2.24, 2.45) is 5.92 Å². The number of amides is 1. The Kier molecular flexibility index (Phi) is 5.84. The first-order chi connectivity index (χ1) is 15.9. The van der Waals surface area contributed by atoms with Crippen LogP contribution in [0.15, 0.2) is 41.3 Å². The zero-order valence-corrected chi connectivity index (χ0v) is 19.6. The molecule has 2 saturated heterocycles. The molecule has 34 heavy (non-hydrogen) atoms. The molecule has 2 aliphatic rings. The van der Waals surface area contributed by atoms with Crippen LogP contribution in [0.2, 0.25) is 5.02 Å². The summed E-state index contributed by atoms with van der Waals surface area (Å²) in [5.41, 5.74) is -0.682. The molecule has 0 spiro atoms. The van der Waals surface area contributed by atoms with E-state index in [-0.39, 0.29) is 18.7 Å². The molecule has 0 N–H and O–H groups in total. The minimum absolute atomic E-state index is 0.0311. The van der Waals surface area contributed by atoms with E-state index in [2.05, 4.69) is 0 Å². The minimum Gasteiger partial charge on any atom is -0.496 e. The molecule has 0 radical (unpaired) electrons. The Morgan fingerprint density at radius 1 is 1.09 bits per heavy atom. The van der Waals surface area contributed by atoms with Crippen molar-refractivity contribution in [2.75, 3.05) is 20.8 Å². The monoisotopic (exact) mass is 517 g/mol. The maximum absolute atomic E-state index is 13.7. The van der Waals surface area contributed by atoms with Crippen LogP contribution in [0.25, 0.3) is 0 Å². The number of hydrogen-bond donors (Lipinski definition) is 0. The minimum atomic E-state index is -4.82. The highest BCUT2D eigenvalue weighted by atomic mass is 35.5. The molecule has 0 saturated carbocycles. The number of hydrogen-bond acceptors (Lipinski definition) is 6. The molecule has 1 amide bonds. The Morgan fingerprint density at radius 2 is 1.74 bits per heavy atom. The number of rotatable bonds is 6. The second-order valence-corrected chi connectivity index (χ2v) is 10.6. The molecule has 7 nitrogen and oxygen atoms in total. The number of alkyl halides is 3. The van der Waals surface area contributed by atoms with Crippen molar-refractivity contribution in [2.45, 2.75) is 28.8 Å². The number of Topliss-reactive ketones (excluding diaryl/α,β-unsaturated/α-hetero) is 1. The Morgan fingerprint density at radius 3 is 2.32 bits per heavy atom. The molecule has 2 aliphatic heterocycles. The topological polar surface area (TPSA) is 90.0 Å². The van der Waals surface area contributed by atoms with Gasteiger partial charge in [0.05, 0.1) is 26.2 Å². The average Bonchev–Trinajstić information content (AvgIpc) is 3.00. The fourth-order valence-electron chi connectivity index (χ4n) is 4.54. The quantitative estimate of drug-likeness (QED) is 0.545. The van der Waals surface area contributed by atoms with Crippen LogP contribution in [-0.4, -0.2) is 50.6 Å². The molecule has 2 heterocycles. The van der Waals surface area contributed by atoms with Gasteiger partial charge in [-0.3, -0.25) is 9.59 Å². The van der Waals surface area contributed by atoms with Crippen LogP contribution in [0.4, 0.5) is 13.2 Å². The van der Waals surface area contributed by atoms with Gasteiger partial charge in [0.25, 0.3) is 0 Å². The van der Waals surface area contributed by atoms with E-state index in [1.165, 1.54) is 7.11 Å². The molecule has 2 fully saturated rings. The number of methoxy groups -OCH3 is 2. The molecule has 0 aliphatic carbocycles. The highest BCUT2D eigenvalue weighted by Crippen LogP contribution is 2.50. The molecule has 2 unspecified atom stereocenters. The van der Waals surface area contributed by atoms with Gasteiger partial charge in [0.2, 0.25) is 20.6 Å². The van der Waals surface area contributed by atoms with Crippen molar-refractivity contribution in [3.63, 3.8) is 0 Å². The highest BCUT2D eigenvalue weighted by molar-refractivity contribution is 7.94. The van der Waals surface area contributed by atoms with Crippen LogP contribution in [0.5, 0.6) is 11.5 Å². The van der Waals surface area contributed by atoms with Gasteiger partial charge in [0, 0.05) is 17.5 Å². The van der Waals surface area contributed by atoms with Crippen molar-refractivity contribution in [1.82, 2.24) is 4.90 Å². The van der Waals surface area contributed by atoms with Crippen LogP contribution in [0.1, 0.15) is 17.5 Å². The molecule has 0 aromatic heterocycles. The molecule has 12 heteroatoms. The van der Waals surface area contributed by atoms with Crippen molar-refractivity contribution >= 4 is 33.1 Å².